The van der Waals surface area contributed by atoms with Gasteiger partial charge in [-0.15, -0.1) is 0 Å². The zero-order chi connectivity index (χ0) is 40.4. The van der Waals surface area contributed by atoms with Crippen LogP contribution in [0.25, 0.3) is 22.1 Å². The summed E-state index contributed by atoms with van der Waals surface area (Å²) in [6, 6.07) is 5.89. The van der Waals surface area contributed by atoms with Crippen molar-refractivity contribution in [2.75, 3.05) is 60.8 Å². The Hall–Kier alpha value is -6.14. The van der Waals surface area contributed by atoms with Crippen LogP contribution >= 0.6 is 0 Å². The number of hydrogen-bond donors (Lipinski definition) is 2. The van der Waals surface area contributed by atoms with Crippen molar-refractivity contribution in [3.05, 3.63) is 59.2 Å². The maximum Gasteiger partial charge on any atom is 0.305 e. The van der Waals surface area contributed by atoms with E-state index in [1.165, 1.54) is 45.6 Å². The molecule has 0 bridgehead atoms. The molecule has 0 spiro atoms. The highest BCUT2D eigenvalue weighted by Gasteiger charge is 2.25. The number of rotatable bonds is 20. The molecule has 18 nitrogen and oxygen atoms in total. The number of hydrogen-bond acceptors (Lipinski definition) is 14. The lowest BCUT2D eigenvalue weighted by Gasteiger charge is -2.26. The number of aromatic nitrogens is 4. The van der Waals surface area contributed by atoms with Crippen molar-refractivity contribution in [3.63, 3.8) is 0 Å². The van der Waals surface area contributed by atoms with Crippen LogP contribution in [0.15, 0.2) is 36.4 Å². The van der Waals surface area contributed by atoms with Gasteiger partial charge in [0.25, 0.3) is 0 Å². The van der Waals surface area contributed by atoms with Crippen molar-refractivity contribution < 1.29 is 52.5 Å². The van der Waals surface area contributed by atoms with Gasteiger partial charge in [-0.25, -0.2) is 9.97 Å². The van der Waals surface area contributed by atoms with Crippen molar-refractivity contribution in [2.45, 2.75) is 45.2 Å². The van der Waals surface area contributed by atoms with E-state index in [0.29, 0.717) is 43.0 Å². The molecule has 4 N–H and O–H groups in total. The van der Waals surface area contributed by atoms with Crippen LogP contribution < -0.4 is 20.9 Å². The normalized spacial score (nSPS) is 13.3. The quantitative estimate of drug-likeness (QED) is 0.0567. The summed E-state index contributed by atoms with van der Waals surface area (Å²) < 4.78 is 29.9. The summed E-state index contributed by atoms with van der Waals surface area (Å²) in [6.07, 6.45) is 3.41. The van der Waals surface area contributed by atoms with Gasteiger partial charge < -0.3 is 44.3 Å². The van der Waals surface area contributed by atoms with Crippen molar-refractivity contribution in [1.29, 1.82) is 0 Å². The van der Waals surface area contributed by atoms with Gasteiger partial charge in [-0.05, 0) is 30.7 Å². The fourth-order valence-electron chi connectivity index (χ4n) is 6.31. The molecule has 1 fully saturated rings. The third-order valence-corrected chi connectivity index (χ3v) is 9.19. The van der Waals surface area contributed by atoms with Crippen LogP contribution in [0.4, 0.5) is 0 Å². The number of carbonyl (C=O) groups excluding carboxylic acids is 6. The van der Waals surface area contributed by atoms with Gasteiger partial charge in [0.2, 0.25) is 11.8 Å². The van der Waals surface area contributed by atoms with Crippen molar-refractivity contribution >= 4 is 57.4 Å². The molecular weight excluding hydrogens is 730 g/mol. The second kappa shape index (κ2) is 18.9. The van der Waals surface area contributed by atoms with Crippen LogP contribution in [0, 0.1) is 0 Å². The molecule has 18 heteroatoms. The SMILES string of the molecule is COC(=O)CCC(=O)c1nc2cc(C(N)=O)cc(OC)c2n1C/C=C/Cn1c(C(=O)CCC(=O)OC)nc2cc(C(N)=O)cc(OCCCN3CCOCC3)c21. The van der Waals surface area contributed by atoms with Gasteiger partial charge in [0.15, 0.2) is 23.2 Å². The van der Waals surface area contributed by atoms with Crippen molar-refractivity contribution in [1.82, 2.24) is 24.0 Å². The Labute approximate surface area is 321 Å². The second-order valence-electron chi connectivity index (χ2n) is 12.8. The summed E-state index contributed by atoms with van der Waals surface area (Å²) in [5, 5.41) is 0. The zero-order valence-electron chi connectivity index (χ0n) is 31.5. The third-order valence-electron chi connectivity index (χ3n) is 9.19. The number of ketones is 2. The molecule has 2 aromatic heterocycles. The number of imidazole rings is 2. The highest BCUT2D eigenvalue weighted by Crippen LogP contribution is 2.32. The largest absolute Gasteiger partial charge is 0.494 e. The molecule has 0 aliphatic carbocycles. The molecule has 0 atom stereocenters. The number of nitrogens with zero attached hydrogens (tertiary/aromatic N) is 5. The average molecular weight is 776 g/mol. The maximum absolute atomic E-state index is 13.6. The predicted molar refractivity (Wildman–Crippen MR) is 201 cm³/mol. The predicted octanol–water partition coefficient (Wildman–Crippen LogP) is 2.22. The Bertz CT molecular complexity index is 2170. The van der Waals surface area contributed by atoms with E-state index in [1.54, 1.807) is 21.3 Å². The summed E-state index contributed by atoms with van der Waals surface area (Å²) >= 11 is 0. The monoisotopic (exact) mass is 775 g/mol. The third kappa shape index (κ3) is 9.74. The van der Waals surface area contributed by atoms with Gasteiger partial charge in [0.05, 0.1) is 65.0 Å². The molecule has 5 rings (SSSR count). The summed E-state index contributed by atoms with van der Waals surface area (Å²) in [6.45, 7) is 4.15. The zero-order valence-corrected chi connectivity index (χ0v) is 31.5. The lowest BCUT2D eigenvalue weighted by Crippen LogP contribution is -2.37. The number of nitrogens with two attached hydrogens (primary N) is 2. The Morgan fingerprint density at radius 2 is 1.20 bits per heavy atom. The Morgan fingerprint density at radius 1 is 0.714 bits per heavy atom. The Kier molecular flexibility index (Phi) is 13.9. The van der Waals surface area contributed by atoms with E-state index >= 15 is 0 Å². The Morgan fingerprint density at radius 3 is 1.66 bits per heavy atom. The molecule has 2 aromatic carbocycles. The maximum atomic E-state index is 13.6. The molecule has 4 aromatic rings. The van der Waals surface area contributed by atoms with Gasteiger partial charge in [0, 0.05) is 56.7 Å². The highest BCUT2D eigenvalue weighted by molar-refractivity contribution is 6.03. The van der Waals surface area contributed by atoms with E-state index in [9.17, 15) is 28.8 Å². The van der Waals surface area contributed by atoms with E-state index in [2.05, 4.69) is 14.9 Å². The number of esters is 2. The molecule has 0 radical (unpaired) electrons. The fourth-order valence-corrected chi connectivity index (χ4v) is 6.31. The molecule has 298 valence electrons. The van der Waals surface area contributed by atoms with Gasteiger partial charge >= 0.3 is 11.9 Å². The molecule has 2 amide bonds. The van der Waals surface area contributed by atoms with Crippen LogP contribution in [0.1, 0.15) is 74.1 Å². The molecular formula is C38H45N7O11. The minimum atomic E-state index is -0.717. The summed E-state index contributed by atoms with van der Waals surface area (Å²) in [7, 11) is 3.86. The van der Waals surface area contributed by atoms with E-state index in [4.69, 9.17) is 35.2 Å². The standard InChI is InChI=1S/C38H45N7O11/c1-52-29-21-23(35(39)50)19-25-33(29)44(37(41-25)27(46)7-9-31(48)53-2)12-4-5-13-45-34-26(42-38(45)28(47)8-10-32(49)54-3)20-24(36(40)51)22-30(34)56-16-6-11-43-14-17-55-18-15-43/h4-5,19-22H,6-18H2,1-3H3,(H2,39,50)(H2,40,51)/b5-4+. The molecule has 1 aliphatic rings. The van der Waals surface area contributed by atoms with Crippen LogP contribution in [0.2, 0.25) is 0 Å². The molecule has 1 aliphatic heterocycles. The summed E-state index contributed by atoms with van der Waals surface area (Å²) in [4.78, 5) is 86.5. The lowest BCUT2D eigenvalue weighted by molar-refractivity contribution is -0.141. The van der Waals surface area contributed by atoms with Gasteiger partial charge in [0.1, 0.15) is 22.5 Å². The number of amides is 2. The van der Waals surface area contributed by atoms with Crippen LogP contribution in [0.3, 0.4) is 0 Å². The topological polar surface area (TPSA) is 239 Å². The number of benzene rings is 2. The van der Waals surface area contributed by atoms with Gasteiger partial charge in [-0.2, -0.15) is 0 Å². The number of primary amides is 2. The molecule has 1 saturated heterocycles. The minimum Gasteiger partial charge on any atom is -0.494 e. The van der Waals surface area contributed by atoms with Crippen LogP contribution in [-0.2, 0) is 36.9 Å². The first kappa shape index (κ1) is 41.0. The second-order valence-corrected chi connectivity index (χ2v) is 12.8. The first-order valence-corrected chi connectivity index (χ1v) is 18.0. The molecule has 3 heterocycles. The van der Waals surface area contributed by atoms with Gasteiger partial charge in [-0.3, -0.25) is 33.7 Å². The first-order valence-electron chi connectivity index (χ1n) is 18.0. The van der Waals surface area contributed by atoms with Crippen LogP contribution in [-0.4, -0.2) is 120 Å². The number of morpholine rings is 1. The number of fused-ring (bicyclic) bond motifs is 2. The number of allylic oxidation sites excluding steroid dienone is 2. The molecule has 56 heavy (non-hydrogen) atoms. The fraction of sp³-hybridized carbons (Fsp3) is 0.421. The van der Waals surface area contributed by atoms with E-state index < -0.39 is 35.3 Å². The smallest absolute Gasteiger partial charge is 0.305 e. The van der Waals surface area contributed by atoms with E-state index in [-0.39, 0.29) is 78.3 Å². The van der Waals surface area contributed by atoms with Crippen LogP contribution in [0.5, 0.6) is 11.5 Å². The van der Waals surface area contributed by atoms with Crippen molar-refractivity contribution in [3.8, 4) is 11.5 Å². The first-order chi connectivity index (χ1) is 26.9. The van der Waals surface area contributed by atoms with Crippen molar-refractivity contribution in [2.24, 2.45) is 11.5 Å². The van der Waals surface area contributed by atoms with E-state index in [1.807, 2.05) is 0 Å². The lowest BCUT2D eigenvalue weighted by atomic mass is 10.1. The molecule has 0 unspecified atom stereocenters. The number of carbonyl (C=O) groups is 6. The molecule has 0 saturated carbocycles. The summed E-state index contributed by atoms with van der Waals surface area (Å²) in [5.74, 6) is -2.91. The van der Waals surface area contributed by atoms with E-state index in [0.717, 1.165) is 19.6 Å². The number of ether oxygens (including phenoxy) is 5. The number of Topliss-reactive ketones (excluding diaryl/α,β-unsaturated/α-hetero) is 2. The number of methoxy groups -OCH3 is 3. The summed E-state index contributed by atoms with van der Waals surface area (Å²) in [5.41, 5.74) is 12.9. The highest BCUT2D eigenvalue weighted by atomic mass is 16.5. The van der Waals surface area contributed by atoms with Gasteiger partial charge in [-0.1, -0.05) is 12.2 Å². The minimum absolute atomic E-state index is 0.00646. The Balaban J connectivity index is 1.51. The average Bonchev–Trinajstić information content (AvgIpc) is 3.77.